The minimum Gasteiger partial charge on any atom is -0.336 e. The number of amides is 1. The van der Waals surface area contributed by atoms with Crippen molar-refractivity contribution >= 4 is 41.6 Å². The molecule has 1 amide bonds. The molecule has 21 heavy (non-hydrogen) atoms. The zero-order valence-electron chi connectivity index (χ0n) is 11.3. The van der Waals surface area contributed by atoms with Gasteiger partial charge in [-0.25, -0.2) is 12.8 Å². The molecule has 0 spiro atoms. The van der Waals surface area contributed by atoms with Crippen LogP contribution in [0.1, 0.15) is 36.5 Å². The molecule has 0 saturated heterocycles. The van der Waals surface area contributed by atoms with Crippen molar-refractivity contribution in [2.45, 2.75) is 37.1 Å². The van der Waals surface area contributed by atoms with Crippen molar-refractivity contribution in [3.63, 3.8) is 0 Å². The Morgan fingerprint density at radius 2 is 2.10 bits per heavy atom. The maximum Gasteiger partial charge on any atom is 0.262 e. The molecule has 0 bridgehead atoms. The number of hydrogen-bond donors (Lipinski definition) is 0. The molecule has 0 radical (unpaired) electrons. The van der Waals surface area contributed by atoms with Gasteiger partial charge in [0.05, 0.1) is 10.5 Å². The van der Waals surface area contributed by atoms with Crippen LogP contribution in [0.2, 0.25) is 0 Å². The number of benzene rings is 1. The van der Waals surface area contributed by atoms with Gasteiger partial charge in [0.25, 0.3) is 15.0 Å². The Morgan fingerprint density at radius 3 is 2.57 bits per heavy atom. The van der Waals surface area contributed by atoms with E-state index in [1.807, 2.05) is 6.92 Å². The summed E-state index contributed by atoms with van der Waals surface area (Å²) in [6.07, 6.45) is 2.54. The van der Waals surface area contributed by atoms with Crippen molar-refractivity contribution in [2.24, 2.45) is 0 Å². The fourth-order valence-corrected chi connectivity index (χ4v) is 4.28. The molecule has 1 fully saturated rings. The van der Waals surface area contributed by atoms with Gasteiger partial charge in [-0.2, -0.15) is 0 Å². The minimum absolute atomic E-state index is 0.0000125. The lowest BCUT2D eigenvalue weighted by Crippen LogP contribution is -2.34. The quantitative estimate of drug-likeness (QED) is 0.713. The first kappa shape index (κ1) is 16.7. The molecule has 1 saturated carbocycles. The molecule has 1 aliphatic rings. The van der Waals surface area contributed by atoms with Crippen LogP contribution in [0.5, 0.6) is 0 Å². The molecular formula is C13H14BrClFNO3S. The van der Waals surface area contributed by atoms with Crippen molar-refractivity contribution in [2.75, 3.05) is 6.54 Å². The average molecular weight is 399 g/mol. The highest BCUT2D eigenvalue weighted by molar-refractivity contribution is 9.10. The number of nitrogens with zero attached hydrogens (tertiary/aromatic N) is 1. The van der Waals surface area contributed by atoms with Crippen molar-refractivity contribution < 1.29 is 17.6 Å². The first-order valence-electron chi connectivity index (χ1n) is 6.50. The van der Waals surface area contributed by atoms with Crippen LogP contribution in [-0.2, 0) is 9.05 Å². The third-order valence-electron chi connectivity index (χ3n) is 3.23. The number of halogens is 3. The van der Waals surface area contributed by atoms with E-state index in [4.69, 9.17) is 10.7 Å². The minimum atomic E-state index is -4.06. The van der Waals surface area contributed by atoms with Crippen LogP contribution in [0.15, 0.2) is 21.5 Å². The smallest absolute Gasteiger partial charge is 0.262 e. The van der Waals surface area contributed by atoms with Crippen LogP contribution in [-0.4, -0.2) is 31.8 Å². The topological polar surface area (TPSA) is 54.5 Å². The summed E-state index contributed by atoms with van der Waals surface area (Å²) in [5, 5.41) is 0. The van der Waals surface area contributed by atoms with Gasteiger partial charge in [0.1, 0.15) is 5.82 Å². The van der Waals surface area contributed by atoms with Crippen LogP contribution in [0, 0.1) is 5.82 Å². The third-order valence-corrected chi connectivity index (χ3v) is 5.51. The van der Waals surface area contributed by atoms with Gasteiger partial charge >= 0.3 is 0 Å². The fourth-order valence-electron chi connectivity index (χ4n) is 2.11. The summed E-state index contributed by atoms with van der Waals surface area (Å²) in [5.74, 6) is -1.26. The Kier molecular flexibility index (Phi) is 4.95. The summed E-state index contributed by atoms with van der Waals surface area (Å²) in [6, 6.07) is 2.07. The number of hydrogen-bond acceptors (Lipinski definition) is 3. The standard InChI is InChI=1S/C13H14BrClFNO3S/c1-2-5-17(8-3-4-8)13(18)9-6-12(21(15,19)20)10(14)7-11(9)16/h6-8H,2-5H2,1H3. The predicted octanol–water partition coefficient (Wildman–Crippen LogP) is 3.53. The largest absolute Gasteiger partial charge is 0.336 e. The van der Waals surface area contributed by atoms with E-state index in [1.54, 1.807) is 4.90 Å². The van der Waals surface area contributed by atoms with Crippen LogP contribution >= 0.6 is 26.6 Å². The SMILES string of the molecule is CCCN(C(=O)c1cc(S(=O)(=O)Cl)c(Br)cc1F)C1CC1. The normalized spacial score (nSPS) is 15.0. The monoisotopic (exact) mass is 397 g/mol. The molecule has 8 heteroatoms. The average Bonchev–Trinajstić information content (AvgIpc) is 3.17. The van der Waals surface area contributed by atoms with Gasteiger partial charge in [-0.1, -0.05) is 6.92 Å². The summed E-state index contributed by atoms with van der Waals surface area (Å²) in [4.78, 5) is 13.7. The van der Waals surface area contributed by atoms with Crippen molar-refractivity contribution in [1.82, 2.24) is 4.90 Å². The van der Waals surface area contributed by atoms with E-state index in [-0.39, 0.29) is 21.0 Å². The van der Waals surface area contributed by atoms with E-state index in [1.165, 1.54) is 0 Å². The molecular weight excluding hydrogens is 385 g/mol. The van der Waals surface area contributed by atoms with Crippen LogP contribution in [0.25, 0.3) is 0 Å². The molecule has 1 aromatic rings. The van der Waals surface area contributed by atoms with E-state index in [2.05, 4.69) is 15.9 Å². The van der Waals surface area contributed by atoms with E-state index in [0.717, 1.165) is 31.4 Å². The second kappa shape index (κ2) is 6.22. The lowest BCUT2D eigenvalue weighted by Gasteiger charge is -2.22. The van der Waals surface area contributed by atoms with Gasteiger partial charge in [0.15, 0.2) is 0 Å². The maximum atomic E-state index is 14.0. The van der Waals surface area contributed by atoms with Gasteiger partial charge in [-0.3, -0.25) is 4.79 Å². The van der Waals surface area contributed by atoms with Gasteiger partial charge < -0.3 is 4.90 Å². The summed E-state index contributed by atoms with van der Waals surface area (Å²) in [5.41, 5.74) is -0.266. The summed E-state index contributed by atoms with van der Waals surface area (Å²) in [6.45, 7) is 2.44. The van der Waals surface area contributed by atoms with Crippen LogP contribution in [0.4, 0.5) is 4.39 Å². The molecule has 116 valence electrons. The zero-order chi connectivity index (χ0) is 15.8. The molecule has 0 unspecified atom stereocenters. The molecule has 0 aromatic heterocycles. The molecule has 0 N–H and O–H groups in total. The first-order valence-corrected chi connectivity index (χ1v) is 9.60. The summed E-state index contributed by atoms with van der Waals surface area (Å²) in [7, 11) is 1.24. The molecule has 1 aromatic carbocycles. The fraction of sp³-hybridized carbons (Fsp3) is 0.462. The highest BCUT2D eigenvalue weighted by Gasteiger charge is 2.34. The summed E-state index contributed by atoms with van der Waals surface area (Å²) < 4.78 is 37.0. The number of rotatable bonds is 5. The highest BCUT2D eigenvalue weighted by Crippen LogP contribution is 2.32. The Hall–Kier alpha value is -0.660. The molecule has 2 rings (SSSR count). The van der Waals surface area contributed by atoms with Gasteiger partial charge in [0.2, 0.25) is 0 Å². The molecule has 4 nitrogen and oxygen atoms in total. The van der Waals surface area contributed by atoms with Crippen LogP contribution in [0.3, 0.4) is 0 Å². The van der Waals surface area contributed by atoms with E-state index < -0.39 is 20.8 Å². The summed E-state index contributed by atoms with van der Waals surface area (Å²) >= 11 is 2.95. The third kappa shape index (κ3) is 3.76. The number of carbonyl (C=O) groups excluding carboxylic acids is 1. The Labute approximate surface area is 135 Å². The lowest BCUT2D eigenvalue weighted by molar-refractivity contribution is 0.0738. The Morgan fingerprint density at radius 1 is 1.48 bits per heavy atom. The highest BCUT2D eigenvalue weighted by atomic mass is 79.9. The van der Waals surface area contributed by atoms with E-state index in [0.29, 0.717) is 6.54 Å². The second-order valence-electron chi connectivity index (χ2n) is 4.93. The zero-order valence-corrected chi connectivity index (χ0v) is 14.4. The van der Waals surface area contributed by atoms with Gasteiger partial charge in [-0.05, 0) is 47.3 Å². The molecule has 0 heterocycles. The van der Waals surface area contributed by atoms with E-state index in [9.17, 15) is 17.6 Å². The maximum absolute atomic E-state index is 14.0. The van der Waals surface area contributed by atoms with Gasteiger partial charge in [0, 0.05) is 27.7 Å². The lowest BCUT2D eigenvalue weighted by atomic mass is 10.1. The Balaban J connectivity index is 2.45. The molecule has 0 atom stereocenters. The molecule has 0 aliphatic heterocycles. The second-order valence-corrected chi connectivity index (χ2v) is 8.32. The van der Waals surface area contributed by atoms with Crippen molar-refractivity contribution in [3.8, 4) is 0 Å². The Bertz CT molecular complexity index is 676. The van der Waals surface area contributed by atoms with Gasteiger partial charge in [-0.15, -0.1) is 0 Å². The van der Waals surface area contributed by atoms with Crippen LogP contribution < -0.4 is 0 Å². The number of carbonyl (C=O) groups is 1. The molecule has 1 aliphatic carbocycles. The van der Waals surface area contributed by atoms with Crippen molar-refractivity contribution in [3.05, 3.63) is 28.0 Å². The first-order chi connectivity index (χ1) is 9.75. The predicted molar refractivity (Wildman–Crippen MR) is 81.5 cm³/mol. The van der Waals surface area contributed by atoms with E-state index >= 15 is 0 Å². The van der Waals surface area contributed by atoms with Crippen molar-refractivity contribution in [1.29, 1.82) is 0 Å².